The van der Waals surface area contributed by atoms with E-state index >= 15 is 0 Å². The molecule has 2 aromatic carbocycles. The fourth-order valence-electron chi connectivity index (χ4n) is 2.89. The van der Waals surface area contributed by atoms with Crippen molar-refractivity contribution >= 4 is 67.3 Å². The summed E-state index contributed by atoms with van der Waals surface area (Å²) in [4.78, 5) is 26.2. The number of esters is 1. The maximum Gasteiger partial charge on any atom is 0.341 e. The third-order valence-electron chi connectivity index (χ3n) is 4.20. The molecule has 5 nitrogen and oxygen atoms in total. The Balaban J connectivity index is 1.86. The van der Waals surface area contributed by atoms with E-state index in [0.29, 0.717) is 36.4 Å². The monoisotopic (exact) mass is 541 g/mol. The number of thiophene rings is 1. The van der Waals surface area contributed by atoms with Gasteiger partial charge in [-0.1, -0.05) is 35.3 Å². The average Bonchev–Trinajstić information content (AvgIpc) is 3.03. The van der Waals surface area contributed by atoms with Crippen molar-refractivity contribution in [1.29, 1.82) is 0 Å². The number of anilines is 1. The number of carbonyl (C=O) groups is 2. The maximum absolute atomic E-state index is 12.7. The number of aryl methyl sites for hydroxylation is 1. The third kappa shape index (κ3) is 5.80. The fraction of sp³-hybridized carbons (Fsp3) is 0.182. The second kappa shape index (κ2) is 10.5. The van der Waals surface area contributed by atoms with Crippen LogP contribution in [0.15, 0.2) is 46.9 Å². The highest BCUT2D eigenvalue weighted by atomic mass is 79.9. The van der Waals surface area contributed by atoms with Gasteiger partial charge in [-0.2, -0.15) is 0 Å². The number of amides is 1. The molecule has 0 radical (unpaired) electrons. The Labute approximate surface area is 202 Å². The van der Waals surface area contributed by atoms with Gasteiger partial charge in [-0.15, -0.1) is 11.3 Å². The van der Waals surface area contributed by atoms with Gasteiger partial charge < -0.3 is 14.8 Å². The van der Waals surface area contributed by atoms with E-state index in [2.05, 4.69) is 21.2 Å². The molecule has 0 aliphatic heterocycles. The minimum Gasteiger partial charge on any atom is -0.483 e. The first-order valence-electron chi connectivity index (χ1n) is 9.24. The summed E-state index contributed by atoms with van der Waals surface area (Å²) in [6.07, 6.45) is 0. The van der Waals surface area contributed by atoms with Gasteiger partial charge in [0.05, 0.1) is 11.1 Å². The Morgan fingerprint density at radius 3 is 2.42 bits per heavy atom. The highest BCUT2D eigenvalue weighted by Gasteiger charge is 2.25. The molecule has 1 amide bonds. The molecule has 31 heavy (non-hydrogen) atoms. The van der Waals surface area contributed by atoms with Gasteiger partial charge in [-0.3, -0.25) is 4.79 Å². The molecule has 0 atom stereocenters. The number of halogens is 3. The molecule has 0 bridgehead atoms. The average molecular weight is 543 g/mol. The first kappa shape index (κ1) is 23.6. The number of hydrogen-bond donors (Lipinski definition) is 1. The summed E-state index contributed by atoms with van der Waals surface area (Å²) >= 11 is 16.6. The second-order valence-corrected chi connectivity index (χ2v) is 9.33. The standard InChI is InChI=1S/C22H18BrCl2NO4S/c1-3-29-22(28)20-19(13-4-6-14(24)7-5-13)12(2)31-21(20)26-18(27)11-30-17-9-8-15(25)10-16(17)23/h4-10H,3,11H2,1-2H3,(H,26,27). The highest BCUT2D eigenvalue weighted by Crippen LogP contribution is 2.40. The van der Waals surface area contributed by atoms with Crippen LogP contribution in [-0.2, 0) is 9.53 Å². The van der Waals surface area contributed by atoms with Gasteiger partial charge in [0, 0.05) is 20.5 Å². The lowest BCUT2D eigenvalue weighted by Crippen LogP contribution is -2.21. The van der Waals surface area contributed by atoms with Gasteiger partial charge in [0.15, 0.2) is 6.61 Å². The van der Waals surface area contributed by atoms with Gasteiger partial charge in [-0.25, -0.2) is 4.79 Å². The highest BCUT2D eigenvalue weighted by molar-refractivity contribution is 9.10. The molecule has 162 valence electrons. The molecule has 0 saturated heterocycles. The van der Waals surface area contributed by atoms with Gasteiger partial charge in [0.25, 0.3) is 5.91 Å². The van der Waals surface area contributed by atoms with E-state index in [9.17, 15) is 9.59 Å². The molecule has 0 unspecified atom stereocenters. The van der Waals surface area contributed by atoms with Crippen LogP contribution in [-0.4, -0.2) is 25.1 Å². The molecule has 1 aromatic heterocycles. The Morgan fingerprint density at radius 2 is 1.77 bits per heavy atom. The number of nitrogens with one attached hydrogen (secondary N) is 1. The Bertz CT molecular complexity index is 1120. The zero-order valence-electron chi connectivity index (χ0n) is 16.6. The number of hydrogen-bond acceptors (Lipinski definition) is 5. The van der Waals surface area contributed by atoms with Crippen molar-refractivity contribution in [2.24, 2.45) is 0 Å². The normalized spacial score (nSPS) is 10.6. The number of rotatable bonds is 7. The largest absolute Gasteiger partial charge is 0.483 e. The van der Waals surface area contributed by atoms with Gasteiger partial charge in [0.1, 0.15) is 16.3 Å². The summed E-state index contributed by atoms with van der Waals surface area (Å²) in [5, 5.41) is 4.33. The Hall–Kier alpha value is -2.06. The van der Waals surface area contributed by atoms with Crippen LogP contribution in [0.3, 0.4) is 0 Å². The molecule has 9 heteroatoms. The van der Waals surface area contributed by atoms with Gasteiger partial charge >= 0.3 is 5.97 Å². The first-order valence-corrected chi connectivity index (χ1v) is 11.6. The quantitative estimate of drug-likeness (QED) is 0.327. The summed E-state index contributed by atoms with van der Waals surface area (Å²) < 4.78 is 11.4. The van der Waals surface area contributed by atoms with E-state index in [1.807, 2.05) is 19.1 Å². The van der Waals surface area contributed by atoms with Gasteiger partial charge in [-0.05, 0) is 65.7 Å². The summed E-state index contributed by atoms with van der Waals surface area (Å²) in [6, 6.07) is 12.2. The molecule has 0 aliphatic carbocycles. The predicted octanol–water partition coefficient (Wildman–Crippen LogP) is 6.99. The number of carbonyl (C=O) groups excluding carboxylic acids is 2. The topological polar surface area (TPSA) is 64.6 Å². The molecular formula is C22H18BrCl2NO4S. The third-order valence-corrected chi connectivity index (χ3v) is 6.33. The minimum absolute atomic E-state index is 0.217. The molecule has 0 aliphatic rings. The second-order valence-electron chi connectivity index (χ2n) is 6.38. The molecule has 0 spiro atoms. The van der Waals surface area contributed by atoms with Crippen LogP contribution >= 0.6 is 50.5 Å². The van der Waals surface area contributed by atoms with Crippen LogP contribution in [0.4, 0.5) is 5.00 Å². The molecule has 3 rings (SSSR count). The minimum atomic E-state index is -0.506. The van der Waals surface area contributed by atoms with Crippen LogP contribution in [0.1, 0.15) is 22.2 Å². The van der Waals surface area contributed by atoms with Crippen LogP contribution in [0.25, 0.3) is 11.1 Å². The number of ether oxygens (including phenoxy) is 2. The van der Waals surface area contributed by atoms with Crippen molar-refractivity contribution in [3.8, 4) is 16.9 Å². The van der Waals surface area contributed by atoms with Crippen molar-refractivity contribution in [2.45, 2.75) is 13.8 Å². The lowest BCUT2D eigenvalue weighted by atomic mass is 10.0. The summed E-state index contributed by atoms with van der Waals surface area (Å²) in [7, 11) is 0. The van der Waals surface area contributed by atoms with Gasteiger partial charge in [0.2, 0.25) is 0 Å². The molecule has 1 N–H and O–H groups in total. The summed E-state index contributed by atoms with van der Waals surface area (Å²) in [5.41, 5.74) is 1.83. The van der Waals surface area contributed by atoms with Crippen molar-refractivity contribution in [3.63, 3.8) is 0 Å². The lowest BCUT2D eigenvalue weighted by Gasteiger charge is -2.11. The Morgan fingerprint density at radius 1 is 1.10 bits per heavy atom. The van der Waals surface area contributed by atoms with E-state index in [1.165, 1.54) is 11.3 Å². The molecule has 0 saturated carbocycles. The number of benzene rings is 2. The summed E-state index contributed by atoms with van der Waals surface area (Å²) in [5.74, 6) is -0.431. The molecule has 3 aromatic rings. The van der Waals surface area contributed by atoms with Crippen molar-refractivity contribution in [3.05, 3.63) is 67.4 Å². The molecule has 0 fully saturated rings. The SMILES string of the molecule is CCOC(=O)c1c(NC(=O)COc2ccc(Cl)cc2Br)sc(C)c1-c1ccc(Cl)cc1. The van der Waals surface area contributed by atoms with Crippen molar-refractivity contribution in [1.82, 2.24) is 0 Å². The van der Waals surface area contributed by atoms with Crippen LogP contribution in [0, 0.1) is 6.92 Å². The summed E-state index contributed by atoms with van der Waals surface area (Å²) in [6.45, 7) is 3.59. The zero-order valence-corrected chi connectivity index (χ0v) is 20.5. The predicted molar refractivity (Wildman–Crippen MR) is 129 cm³/mol. The van der Waals surface area contributed by atoms with Crippen molar-refractivity contribution < 1.29 is 19.1 Å². The van der Waals surface area contributed by atoms with E-state index in [1.54, 1.807) is 37.3 Å². The van der Waals surface area contributed by atoms with E-state index < -0.39 is 11.9 Å². The fourth-order valence-corrected chi connectivity index (χ4v) is 4.90. The first-order chi connectivity index (χ1) is 14.8. The smallest absolute Gasteiger partial charge is 0.341 e. The van der Waals surface area contributed by atoms with Crippen LogP contribution < -0.4 is 10.1 Å². The van der Waals surface area contributed by atoms with Crippen molar-refractivity contribution in [2.75, 3.05) is 18.5 Å². The van der Waals surface area contributed by atoms with E-state index in [4.69, 9.17) is 32.7 Å². The molecule has 1 heterocycles. The van der Waals surface area contributed by atoms with Crippen LogP contribution in [0.5, 0.6) is 5.75 Å². The van der Waals surface area contributed by atoms with Crippen LogP contribution in [0.2, 0.25) is 10.0 Å². The van der Waals surface area contributed by atoms with E-state index in [-0.39, 0.29) is 13.2 Å². The zero-order chi connectivity index (χ0) is 22.5. The van der Waals surface area contributed by atoms with E-state index in [0.717, 1.165) is 10.4 Å². The molecular weight excluding hydrogens is 525 g/mol. The maximum atomic E-state index is 12.7. The lowest BCUT2D eigenvalue weighted by molar-refractivity contribution is -0.118. The Kier molecular flexibility index (Phi) is 8.00.